The summed E-state index contributed by atoms with van der Waals surface area (Å²) >= 11 is 6.04. The van der Waals surface area contributed by atoms with Crippen molar-refractivity contribution in [2.45, 2.75) is 5.03 Å². The van der Waals surface area contributed by atoms with Crippen molar-refractivity contribution in [2.75, 3.05) is 0 Å². The zero-order valence-electron chi connectivity index (χ0n) is 4.00. The van der Waals surface area contributed by atoms with Crippen LogP contribution in [0.4, 0.5) is 0 Å². The molecule has 0 amide bonds. The summed E-state index contributed by atoms with van der Waals surface area (Å²) in [6.07, 6.45) is 1.70. The fraction of sp³-hybridized carbons (Fsp3) is 0. The Morgan fingerprint density at radius 3 is 3.25 bits per heavy atom. The van der Waals surface area contributed by atoms with E-state index in [9.17, 15) is 0 Å². The average Bonchev–Trinajstić information content (AvgIpc) is 2.19. The minimum atomic E-state index is 0.986. The number of hydrogen-bond acceptors (Lipinski definition) is 3. The molecule has 1 aromatic heterocycles. The zero-order chi connectivity index (χ0) is 5.82. The maximum absolute atomic E-state index is 4.59. The van der Waals surface area contributed by atoms with E-state index >= 15 is 0 Å². The summed E-state index contributed by atoms with van der Waals surface area (Å²) in [4.78, 5) is 0. The van der Waals surface area contributed by atoms with E-state index in [0.717, 1.165) is 5.03 Å². The Balaban J connectivity index is 2.62. The number of nitrogens with one attached hydrogen (secondary N) is 1. The van der Waals surface area contributed by atoms with Crippen LogP contribution in [0.3, 0.4) is 0 Å². The molecule has 8 heavy (non-hydrogen) atoms. The third-order valence-corrected chi connectivity index (χ3v) is 1.52. The maximum atomic E-state index is 4.59. The van der Waals surface area contributed by atoms with Crippen molar-refractivity contribution in [3.8, 4) is 0 Å². The average molecular weight is 144 g/mol. The van der Waals surface area contributed by atoms with E-state index in [1.54, 1.807) is 10.9 Å². The summed E-state index contributed by atoms with van der Waals surface area (Å²) in [5.74, 6) is 0. The molecule has 1 rings (SSSR count). The molecule has 0 fully saturated rings. The van der Waals surface area contributed by atoms with Gasteiger partial charge in [0.1, 0.15) is 0 Å². The van der Waals surface area contributed by atoms with Crippen LogP contribution >= 0.6 is 24.0 Å². The number of rotatable bonds is 2. The Hall–Kier alpha value is -0.350. The molecule has 0 spiro atoms. The third kappa shape index (κ3) is 1.31. The fourth-order valence-electron chi connectivity index (χ4n) is 0.361. The van der Waals surface area contributed by atoms with Gasteiger partial charge in [-0.2, -0.15) is 5.10 Å². The number of nitrogens with zero attached hydrogens (tertiary/aromatic N) is 1. The first kappa shape index (κ1) is 5.78. The van der Waals surface area contributed by atoms with E-state index in [0.29, 0.717) is 0 Å². The predicted octanol–water partition coefficient (Wildman–Crippen LogP) is 1.46. The van der Waals surface area contributed by atoms with E-state index in [2.05, 4.69) is 22.4 Å². The van der Waals surface area contributed by atoms with E-state index in [1.165, 1.54) is 11.8 Å². The Bertz CT molecular complexity index is 159. The second kappa shape index (κ2) is 2.84. The van der Waals surface area contributed by atoms with E-state index in [4.69, 9.17) is 0 Å². The molecule has 0 atom stereocenters. The molecule has 0 radical (unpaired) electrons. The summed E-state index contributed by atoms with van der Waals surface area (Å²) in [5.41, 5.74) is 0. The number of thioether (sulfide) groups is 1. The summed E-state index contributed by atoms with van der Waals surface area (Å²) in [6.45, 7) is 0. The van der Waals surface area contributed by atoms with Gasteiger partial charge < -0.3 is 0 Å². The van der Waals surface area contributed by atoms with Gasteiger partial charge in [-0.15, -0.1) is 0 Å². The van der Waals surface area contributed by atoms with Gasteiger partial charge in [0.15, 0.2) is 0 Å². The van der Waals surface area contributed by atoms with Crippen LogP contribution < -0.4 is 0 Å². The van der Waals surface area contributed by atoms with Gasteiger partial charge in [-0.05, 0) is 6.07 Å². The molecule has 2 nitrogen and oxygen atoms in total. The van der Waals surface area contributed by atoms with Gasteiger partial charge in [-0.1, -0.05) is 24.0 Å². The predicted molar refractivity (Wildman–Crippen MR) is 38.1 cm³/mol. The highest BCUT2D eigenvalue weighted by Gasteiger charge is 1.86. The molecule has 0 aliphatic carbocycles. The van der Waals surface area contributed by atoms with Gasteiger partial charge in [0.25, 0.3) is 0 Å². The Morgan fingerprint density at radius 1 is 1.88 bits per heavy atom. The molecular formula is C4H4N2S2. The van der Waals surface area contributed by atoms with Crippen LogP contribution in [0.25, 0.3) is 0 Å². The van der Waals surface area contributed by atoms with Crippen molar-refractivity contribution in [3.05, 3.63) is 12.3 Å². The molecular weight excluding hydrogens is 140 g/mol. The van der Waals surface area contributed by atoms with Crippen molar-refractivity contribution >= 4 is 28.7 Å². The normalized spacial score (nSPS) is 9.00. The zero-order valence-corrected chi connectivity index (χ0v) is 5.63. The Labute approximate surface area is 56.7 Å². The molecule has 4 heteroatoms. The van der Waals surface area contributed by atoms with E-state index in [-0.39, 0.29) is 0 Å². The highest BCUT2D eigenvalue weighted by molar-refractivity contribution is 8.20. The number of thiocarbonyl (C=S) groups is 1. The fourth-order valence-corrected chi connectivity index (χ4v) is 1.02. The lowest BCUT2D eigenvalue weighted by Gasteiger charge is -1.80. The van der Waals surface area contributed by atoms with Gasteiger partial charge in [0.05, 0.1) is 5.03 Å². The summed E-state index contributed by atoms with van der Waals surface area (Å²) in [7, 11) is 0. The molecule has 1 N–H and O–H groups in total. The second-order valence-electron chi connectivity index (χ2n) is 1.13. The van der Waals surface area contributed by atoms with Crippen molar-refractivity contribution in [2.24, 2.45) is 0 Å². The number of hydrogen-bond donors (Lipinski definition) is 1. The first-order valence-corrected chi connectivity index (χ1v) is 3.38. The van der Waals surface area contributed by atoms with Gasteiger partial charge in [-0.3, -0.25) is 5.10 Å². The minimum Gasteiger partial charge on any atom is -0.272 e. The van der Waals surface area contributed by atoms with E-state index < -0.39 is 0 Å². The van der Waals surface area contributed by atoms with Gasteiger partial charge in [0.2, 0.25) is 0 Å². The third-order valence-electron chi connectivity index (χ3n) is 0.650. The molecule has 0 aliphatic heterocycles. The quantitative estimate of drug-likeness (QED) is 0.503. The lowest BCUT2D eigenvalue weighted by Crippen LogP contribution is -1.67. The summed E-state index contributed by atoms with van der Waals surface area (Å²) in [5, 5.41) is 7.47. The van der Waals surface area contributed by atoms with Gasteiger partial charge >= 0.3 is 0 Å². The molecule has 42 valence electrons. The van der Waals surface area contributed by atoms with E-state index in [1.807, 2.05) is 6.07 Å². The summed E-state index contributed by atoms with van der Waals surface area (Å²) in [6, 6.07) is 1.87. The van der Waals surface area contributed by atoms with Crippen molar-refractivity contribution in [1.82, 2.24) is 10.2 Å². The van der Waals surface area contributed by atoms with Crippen LogP contribution in [0.5, 0.6) is 0 Å². The van der Waals surface area contributed by atoms with Crippen molar-refractivity contribution in [1.29, 1.82) is 0 Å². The second-order valence-corrected chi connectivity index (χ2v) is 2.58. The molecule has 1 aromatic rings. The highest BCUT2D eigenvalue weighted by Crippen LogP contribution is 2.08. The van der Waals surface area contributed by atoms with Crippen LogP contribution in [0.2, 0.25) is 0 Å². The maximum Gasteiger partial charge on any atom is 0.0957 e. The Morgan fingerprint density at radius 2 is 2.75 bits per heavy atom. The number of aromatic nitrogens is 2. The first-order valence-electron chi connectivity index (χ1n) is 2.03. The minimum absolute atomic E-state index is 0.986. The molecule has 0 unspecified atom stereocenters. The molecule has 0 bridgehead atoms. The van der Waals surface area contributed by atoms with Crippen LogP contribution in [-0.2, 0) is 0 Å². The lowest BCUT2D eigenvalue weighted by atomic mass is 10.8. The standard InChI is InChI=1S/C4H4N2S2/c7-3-8-4-1-2-5-6-4/h1-3H,(H,5,6). The Kier molecular flexibility index (Phi) is 2.05. The van der Waals surface area contributed by atoms with Crippen LogP contribution in [-0.4, -0.2) is 14.9 Å². The SMILES string of the molecule is S=CSc1ccn[nH]1. The highest BCUT2D eigenvalue weighted by atomic mass is 32.2. The lowest BCUT2D eigenvalue weighted by molar-refractivity contribution is 1.01. The van der Waals surface area contributed by atoms with Crippen molar-refractivity contribution in [3.63, 3.8) is 0 Å². The molecule has 0 saturated heterocycles. The largest absolute Gasteiger partial charge is 0.272 e. The summed E-state index contributed by atoms with van der Waals surface area (Å²) < 4.78 is 1.59. The molecule has 1 heterocycles. The monoisotopic (exact) mass is 144 g/mol. The molecule has 0 saturated carbocycles. The van der Waals surface area contributed by atoms with Crippen LogP contribution in [0.1, 0.15) is 0 Å². The van der Waals surface area contributed by atoms with Crippen molar-refractivity contribution < 1.29 is 0 Å². The molecule has 0 aromatic carbocycles. The van der Waals surface area contributed by atoms with Gasteiger partial charge in [0, 0.05) is 10.9 Å². The first-order chi connectivity index (χ1) is 3.93. The topological polar surface area (TPSA) is 28.7 Å². The van der Waals surface area contributed by atoms with Crippen LogP contribution in [0.15, 0.2) is 17.3 Å². The number of aromatic amines is 1. The van der Waals surface area contributed by atoms with Gasteiger partial charge in [-0.25, -0.2) is 0 Å². The number of H-pyrrole nitrogens is 1. The smallest absolute Gasteiger partial charge is 0.0957 e. The van der Waals surface area contributed by atoms with Crippen LogP contribution in [0, 0.1) is 0 Å². The molecule has 0 aliphatic rings.